The van der Waals surface area contributed by atoms with Gasteiger partial charge in [-0.3, -0.25) is 9.48 Å². The zero-order valence-corrected chi connectivity index (χ0v) is 11.7. The average Bonchev–Trinajstić information content (AvgIpc) is 3.03. The number of ketones is 1. The minimum Gasteiger partial charge on any atom is -0.299 e. The number of carbonyl (C=O) groups is 1. The first-order chi connectivity index (χ1) is 9.33. The maximum atomic E-state index is 12.0. The molecule has 3 rings (SSSR count). The highest BCUT2D eigenvalue weighted by atomic mass is 16.1. The number of aromatic nitrogens is 2. The second-order valence-electron chi connectivity index (χ2n) is 6.19. The van der Waals surface area contributed by atoms with Crippen molar-refractivity contribution in [3.05, 3.63) is 18.0 Å². The standard InChI is InChI=1S/C16H24N2O/c19-16-9-3-1-2-6-13(16)12-14-10-11-18(17-14)15-7-4-5-8-15/h10-11,13,15H,1-9,12H2. The van der Waals surface area contributed by atoms with Crippen molar-refractivity contribution in [2.45, 2.75) is 70.3 Å². The molecule has 0 radical (unpaired) electrons. The van der Waals surface area contributed by atoms with Crippen LogP contribution >= 0.6 is 0 Å². The molecule has 2 aliphatic rings. The molecule has 2 aliphatic carbocycles. The van der Waals surface area contributed by atoms with Gasteiger partial charge in [-0.25, -0.2) is 0 Å². The van der Waals surface area contributed by atoms with Crippen LogP contribution in [0.15, 0.2) is 12.3 Å². The van der Waals surface area contributed by atoms with Crippen molar-refractivity contribution >= 4 is 5.78 Å². The average molecular weight is 260 g/mol. The summed E-state index contributed by atoms with van der Waals surface area (Å²) in [7, 11) is 0. The highest BCUT2D eigenvalue weighted by molar-refractivity contribution is 5.81. The van der Waals surface area contributed by atoms with Crippen LogP contribution in [-0.4, -0.2) is 15.6 Å². The normalized spacial score (nSPS) is 25.7. The molecule has 0 saturated heterocycles. The van der Waals surface area contributed by atoms with Gasteiger partial charge in [0, 0.05) is 25.0 Å². The summed E-state index contributed by atoms with van der Waals surface area (Å²) < 4.78 is 2.14. The van der Waals surface area contributed by atoms with Crippen molar-refractivity contribution in [3.63, 3.8) is 0 Å². The Hall–Kier alpha value is -1.12. The van der Waals surface area contributed by atoms with Gasteiger partial charge in [-0.05, 0) is 31.7 Å². The van der Waals surface area contributed by atoms with Crippen molar-refractivity contribution in [1.82, 2.24) is 9.78 Å². The van der Waals surface area contributed by atoms with Crippen molar-refractivity contribution in [3.8, 4) is 0 Å². The highest BCUT2D eigenvalue weighted by Gasteiger charge is 2.23. The molecule has 19 heavy (non-hydrogen) atoms. The molecule has 0 aromatic carbocycles. The SMILES string of the molecule is O=C1CCCCCC1Cc1ccn(C2CCCC2)n1. The maximum Gasteiger partial charge on any atom is 0.136 e. The fraction of sp³-hybridized carbons (Fsp3) is 0.750. The van der Waals surface area contributed by atoms with Gasteiger partial charge in [0.15, 0.2) is 0 Å². The summed E-state index contributed by atoms with van der Waals surface area (Å²) in [6.07, 6.45) is 13.5. The van der Waals surface area contributed by atoms with Crippen molar-refractivity contribution in [2.75, 3.05) is 0 Å². The Balaban J connectivity index is 1.64. The molecule has 0 spiro atoms. The second kappa shape index (κ2) is 5.89. The Kier molecular flexibility index (Phi) is 4.00. The summed E-state index contributed by atoms with van der Waals surface area (Å²) in [5.74, 6) is 0.697. The van der Waals surface area contributed by atoms with E-state index in [0.717, 1.165) is 31.4 Å². The van der Waals surface area contributed by atoms with E-state index in [0.29, 0.717) is 11.8 Å². The largest absolute Gasteiger partial charge is 0.299 e. The van der Waals surface area contributed by atoms with Crippen LogP contribution < -0.4 is 0 Å². The lowest BCUT2D eigenvalue weighted by atomic mass is 9.94. The van der Waals surface area contributed by atoms with Gasteiger partial charge >= 0.3 is 0 Å². The molecule has 1 aromatic heterocycles. The summed E-state index contributed by atoms with van der Waals surface area (Å²) in [5.41, 5.74) is 1.12. The van der Waals surface area contributed by atoms with E-state index in [1.54, 1.807) is 0 Å². The number of rotatable bonds is 3. The molecule has 1 aromatic rings. The van der Waals surface area contributed by atoms with Gasteiger partial charge in [-0.15, -0.1) is 0 Å². The zero-order chi connectivity index (χ0) is 13.1. The van der Waals surface area contributed by atoms with Gasteiger partial charge in [-0.1, -0.05) is 25.7 Å². The van der Waals surface area contributed by atoms with Crippen molar-refractivity contribution in [1.29, 1.82) is 0 Å². The lowest BCUT2D eigenvalue weighted by Gasteiger charge is -2.12. The third-order valence-electron chi connectivity index (χ3n) is 4.75. The molecule has 0 amide bonds. The van der Waals surface area contributed by atoms with Crippen LogP contribution in [0, 0.1) is 5.92 Å². The molecule has 104 valence electrons. The first-order valence-corrected chi connectivity index (χ1v) is 7.89. The molecule has 1 atom stereocenters. The van der Waals surface area contributed by atoms with Crippen LogP contribution in [-0.2, 0) is 11.2 Å². The molecule has 2 fully saturated rings. The molecule has 0 aliphatic heterocycles. The fourth-order valence-electron chi connectivity index (χ4n) is 3.56. The lowest BCUT2D eigenvalue weighted by Crippen LogP contribution is -2.16. The van der Waals surface area contributed by atoms with E-state index in [4.69, 9.17) is 5.10 Å². The number of nitrogens with zero attached hydrogens (tertiary/aromatic N) is 2. The fourth-order valence-corrected chi connectivity index (χ4v) is 3.56. The third kappa shape index (κ3) is 3.07. The van der Waals surface area contributed by atoms with Crippen LogP contribution in [0.25, 0.3) is 0 Å². The smallest absolute Gasteiger partial charge is 0.136 e. The molecule has 1 heterocycles. The van der Waals surface area contributed by atoms with E-state index in [9.17, 15) is 4.79 Å². The first kappa shape index (κ1) is 12.9. The monoisotopic (exact) mass is 260 g/mol. The van der Waals surface area contributed by atoms with Gasteiger partial charge < -0.3 is 0 Å². The predicted octanol–water partition coefficient (Wildman–Crippen LogP) is 3.69. The van der Waals surface area contributed by atoms with Gasteiger partial charge in [-0.2, -0.15) is 5.10 Å². The molecule has 2 saturated carbocycles. The van der Waals surface area contributed by atoms with Crippen LogP contribution in [0.3, 0.4) is 0 Å². The van der Waals surface area contributed by atoms with Gasteiger partial charge in [0.2, 0.25) is 0 Å². The summed E-state index contributed by atoms with van der Waals surface area (Å²) in [6.45, 7) is 0. The summed E-state index contributed by atoms with van der Waals surface area (Å²) in [4.78, 5) is 12.0. The van der Waals surface area contributed by atoms with Crippen molar-refractivity contribution in [2.24, 2.45) is 5.92 Å². The Morgan fingerprint density at radius 2 is 1.89 bits per heavy atom. The first-order valence-electron chi connectivity index (χ1n) is 7.89. The molecule has 3 nitrogen and oxygen atoms in total. The Bertz CT molecular complexity index is 432. The number of hydrogen-bond donors (Lipinski definition) is 0. The maximum absolute atomic E-state index is 12.0. The molecule has 1 unspecified atom stereocenters. The second-order valence-corrected chi connectivity index (χ2v) is 6.19. The topological polar surface area (TPSA) is 34.9 Å². The summed E-state index contributed by atoms with van der Waals surface area (Å²) in [6, 6.07) is 2.73. The number of hydrogen-bond acceptors (Lipinski definition) is 2. The Morgan fingerprint density at radius 1 is 1.11 bits per heavy atom. The minimum atomic E-state index is 0.231. The Morgan fingerprint density at radius 3 is 2.74 bits per heavy atom. The lowest BCUT2D eigenvalue weighted by molar-refractivity contribution is -0.122. The summed E-state index contributed by atoms with van der Waals surface area (Å²) >= 11 is 0. The molecule has 0 bridgehead atoms. The van der Waals surface area contributed by atoms with Gasteiger partial charge in [0.25, 0.3) is 0 Å². The molecular formula is C16H24N2O. The number of Topliss-reactive ketones (excluding diaryl/α,β-unsaturated/α-hetero) is 1. The molecular weight excluding hydrogens is 236 g/mol. The molecule has 0 N–H and O–H groups in total. The van der Waals surface area contributed by atoms with Crippen LogP contribution in [0.5, 0.6) is 0 Å². The van der Waals surface area contributed by atoms with Crippen molar-refractivity contribution < 1.29 is 4.79 Å². The quantitative estimate of drug-likeness (QED) is 0.777. The zero-order valence-electron chi connectivity index (χ0n) is 11.7. The predicted molar refractivity (Wildman–Crippen MR) is 75.0 cm³/mol. The number of carbonyl (C=O) groups excluding carboxylic acids is 1. The van der Waals surface area contributed by atoms with Crippen LogP contribution in [0.4, 0.5) is 0 Å². The van der Waals surface area contributed by atoms with Crippen LogP contribution in [0.1, 0.15) is 69.5 Å². The van der Waals surface area contributed by atoms with E-state index < -0.39 is 0 Å². The Labute approximate surface area is 115 Å². The van der Waals surface area contributed by atoms with E-state index in [2.05, 4.69) is 16.9 Å². The van der Waals surface area contributed by atoms with E-state index in [-0.39, 0.29) is 5.92 Å². The van der Waals surface area contributed by atoms with Gasteiger partial charge in [0.05, 0.1) is 11.7 Å². The van der Waals surface area contributed by atoms with Gasteiger partial charge in [0.1, 0.15) is 5.78 Å². The van der Waals surface area contributed by atoms with E-state index >= 15 is 0 Å². The van der Waals surface area contributed by atoms with E-state index in [1.165, 1.54) is 38.5 Å². The molecule has 3 heteroatoms. The third-order valence-corrected chi connectivity index (χ3v) is 4.75. The summed E-state index contributed by atoms with van der Waals surface area (Å²) in [5, 5.41) is 4.72. The minimum absolute atomic E-state index is 0.231. The van der Waals surface area contributed by atoms with Crippen LogP contribution in [0.2, 0.25) is 0 Å². The van der Waals surface area contributed by atoms with E-state index in [1.807, 2.05) is 0 Å². The highest BCUT2D eigenvalue weighted by Crippen LogP contribution is 2.29.